The van der Waals surface area contributed by atoms with Gasteiger partial charge in [0.2, 0.25) is 10.0 Å². The molecule has 0 aliphatic carbocycles. The fraction of sp³-hybridized carbons (Fsp3) is 1.00. The number of nitrogens with one attached hydrogen (secondary N) is 1. The van der Waals surface area contributed by atoms with Crippen molar-refractivity contribution in [3.8, 4) is 0 Å². The van der Waals surface area contributed by atoms with E-state index < -0.39 is 31.2 Å². The highest BCUT2D eigenvalue weighted by Crippen LogP contribution is 2.24. The van der Waals surface area contributed by atoms with Crippen LogP contribution in [0.2, 0.25) is 0 Å². The van der Waals surface area contributed by atoms with E-state index in [1.807, 2.05) is 0 Å². The topological polar surface area (TPSA) is 89.5 Å². The van der Waals surface area contributed by atoms with Crippen LogP contribution >= 0.6 is 15.9 Å². The van der Waals surface area contributed by atoms with Gasteiger partial charge in [0.25, 0.3) is 0 Å². The van der Waals surface area contributed by atoms with Crippen LogP contribution in [0.3, 0.4) is 0 Å². The smallest absolute Gasteiger partial charge is 0.213 e. The normalized spacial score (nSPS) is 20.8. The SMILES string of the molecule is CS(=O)(=O)CCS(=O)(=O)NC1(CBr)CCOCC1. The van der Waals surface area contributed by atoms with E-state index >= 15 is 0 Å². The molecular weight excluding hydrogens is 346 g/mol. The molecule has 9 heteroatoms. The second-order valence-corrected chi connectivity index (χ2v) is 9.24. The van der Waals surface area contributed by atoms with E-state index in [1.54, 1.807) is 0 Å². The molecule has 1 saturated heterocycles. The maximum Gasteiger partial charge on any atom is 0.213 e. The van der Waals surface area contributed by atoms with Gasteiger partial charge in [-0.05, 0) is 12.8 Å². The zero-order chi connectivity index (χ0) is 13.9. The molecule has 18 heavy (non-hydrogen) atoms. The lowest BCUT2D eigenvalue weighted by atomic mass is 9.94. The van der Waals surface area contributed by atoms with Gasteiger partial charge in [-0.2, -0.15) is 0 Å². The highest BCUT2D eigenvalue weighted by atomic mass is 79.9. The molecule has 0 spiro atoms. The monoisotopic (exact) mass is 363 g/mol. The molecule has 0 atom stereocenters. The Bertz CT molecular complexity index is 467. The maximum atomic E-state index is 11.9. The lowest BCUT2D eigenvalue weighted by molar-refractivity contribution is 0.0557. The molecule has 0 saturated carbocycles. The first-order valence-electron chi connectivity index (χ1n) is 5.51. The number of ether oxygens (including phenoxy) is 1. The molecule has 1 rings (SSSR count). The van der Waals surface area contributed by atoms with E-state index in [0.29, 0.717) is 31.4 Å². The molecule has 1 aliphatic rings. The molecule has 1 N–H and O–H groups in total. The summed E-state index contributed by atoms with van der Waals surface area (Å²) in [5, 5.41) is 0.488. The van der Waals surface area contributed by atoms with Crippen LogP contribution in [0.1, 0.15) is 12.8 Å². The highest BCUT2D eigenvalue weighted by Gasteiger charge is 2.35. The first-order chi connectivity index (χ1) is 8.18. The lowest BCUT2D eigenvalue weighted by Gasteiger charge is -2.36. The predicted octanol–water partition coefficient (Wildman–Crippen LogP) is -0.105. The van der Waals surface area contributed by atoms with Crippen LogP contribution in [-0.4, -0.2) is 58.7 Å². The lowest BCUT2D eigenvalue weighted by Crippen LogP contribution is -2.54. The van der Waals surface area contributed by atoms with Crippen LogP contribution < -0.4 is 4.72 Å². The van der Waals surface area contributed by atoms with E-state index in [9.17, 15) is 16.8 Å². The second-order valence-electron chi connectivity index (χ2n) is 4.58. The average molecular weight is 364 g/mol. The van der Waals surface area contributed by atoms with Crippen LogP contribution in [0.5, 0.6) is 0 Å². The zero-order valence-corrected chi connectivity index (χ0v) is 13.4. The van der Waals surface area contributed by atoms with Crippen LogP contribution in [0, 0.1) is 0 Å². The van der Waals surface area contributed by atoms with Gasteiger partial charge >= 0.3 is 0 Å². The number of hydrogen-bond acceptors (Lipinski definition) is 5. The Morgan fingerprint density at radius 1 is 1.17 bits per heavy atom. The molecule has 0 bridgehead atoms. The van der Waals surface area contributed by atoms with Crippen molar-refractivity contribution in [2.75, 3.05) is 36.3 Å². The van der Waals surface area contributed by atoms with Crippen molar-refractivity contribution in [2.24, 2.45) is 0 Å². The number of sulfonamides is 1. The first-order valence-corrected chi connectivity index (χ1v) is 10.3. The summed E-state index contributed by atoms with van der Waals surface area (Å²) in [4.78, 5) is 0. The van der Waals surface area contributed by atoms with E-state index in [1.165, 1.54) is 0 Å². The Balaban J connectivity index is 2.68. The van der Waals surface area contributed by atoms with Crippen LogP contribution in [-0.2, 0) is 24.6 Å². The number of rotatable bonds is 6. The summed E-state index contributed by atoms with van der Waals surface area (Å²) in [6, 6.07) is 0. The summed E-state index contributed by atoms with van der Waals surface area (Å²) in [7, 11) is -6.88. The fourth-order valence-corrected chi connectivity index (χ4v) is 5.68. The molecule has 1 heterocycles. The fourth-order valence-electron chi connectivity index (χ4n) is 1.67. The number of alkyl halides is 1. The molecule has 0 amide bonds. The summed E-state index contributed by atoms with van der Waals surface area (Å²) in [6.45, 7) is 1.00. The standard InChI is InChI=1S/C9H18BrNO5S2/c1-17(12,13)6-7-18(14,15)11-9(8-10)2-4-16-5-3-9/h11H,2-8H2,1H3. The molecule has 0 radical (unpaired) electrons. The van der Waals surface area contributed by atoms with Crippen molar-refractivity contribution < 1.29 is 21.6 Å². The summed E-state index contributed by atoms with van der Waals surface area (Å²) in [5.74, 6) is -0.765. The summed E-state index contributed by atoms with van der Waals surface area (Å²) >= 11 is 3.31. The van der Waals surface area contributed by atoms with Crippen molar-refractivity contribution in [2.45, 2.75) is 18.4 Å². The number of halogens is 1. The third-order valence-corrected chi connectivity index (χ3v) is 6.56. The number of hydrogen-bond donors (Lipinski definition) is 1. The number of sulfone groups is 1. The van der Waals surface area contributed by atoms with E-state index in [-0.39, 0.29) is 5.75 Å². The van der Waals surface area contributed by atoms with Crippen molar-refractivity contribution >= 4 is 35.8 Å². The van der Waals surface area contributed by atoms with Gasteiger partial charge in [0.05, 0.1) is 11.5 Å². The van der Waals surface area contributed by atoms with Gasteiger partial charge in [0.1, 0.15) is 9.84 Å². The molecule has 1 aliphatic heterocycles. The average Bonchev–Trinajstić information content (AvgIpc) is 2.27. The molecule has 108 valence electrons. The summed E-state index contributed by atoms with van der Waals surface area (Å²) in [5.41, 5.74) is -0.561. The molecule has 1 fully saturated rings. The van der Waals surface area contributed by atoms with Crippen LogP contribution in [0.4, 0.5) is 0 Å². The second kappa shape index (κ2) is 6.17. The van der Waals surface area contributed by atoms with Gasteiger partial charge in [0, 0.05) is 30.3 Å². The first kappa shape index (κ1) is 16.4. The minimum Gasteiger partial charge on any atom is -0.381 e. The van der Waals surface area contributed by atoms with Gasteiger partial charge in [0.15, 0.2) is 0 Å². The molecule has 0 aromatic heterocycles. The van der Waals surface area contributed by atoms with E-state index in [0.717, 1.165) is 6.26 Å². The zero-order valence-electron chi connectivity index (χ0n) is 10.2. The minimum atomic E-state index is -3.60. The van der Waals surface area contributed by atoms with Crippen molar-refractivity contribution in [3.05, 3.63) is 0 Å². The van der Waals surface area contributed by atoms with Gasteiger partial charge in [-0.1, -0.05) is 15.9 Å². The Morgan fingerprint density at radius 2 is 1.72 bits per heavy atom. The van der Waals surface area contributed by atoms with Crippen molar-refractivity contribution in [1.29, 1.82) is 0 Å². The van der Waals surface area contributed by atoms with Gasteiger partial charge < -0.3 is 4.74 Å². The molecule has 0 aromatic rings. The van der Waals surface area contributed by atoms with Crippen molar-refractivity contribution in [1.82, 2.24) is 4.72 Å². The quantitative estimate of drug-likeness (QED) is 0.665. The van der Waals surface area contributed by atoms with Gasteiger partial charge in [-0.25, -0.2) is 21.6 Å². The molecule has 0 unspecified atom stereocenters. The summed E-state index contributed by atoms with van der Waals surface area (Å²) < 4.78 is 53.6. The highest BCUT2D eigenvalue weighted by molar-refractivity contribution is 9.09. The maximum absolute atomic E-state index is 11.9. The van der Waals surface area contributed by atoms with Crippen LogP contribution in [0.25, 0.3) is 0 Å². The summed E-state index contributed by atoms with van der Waals surface area (Å²) in [6.07, 6.45) is 2.18. The largest absolute Gasteiger partial charge is 0.381 e. The molecule has 6 nitrogen and oxygen atoms in total. The minimum absolute atomic E-state index is 0.364. The Morgan fingerprint density at radius 3 is 2.17 bits per heavy atom. The molecule has 0 aromatic carbocycles. The Hall–Kier alpha value is 0.300. The molecular formula is C9H18BrNO5S2. The van der Waals surface area contributed by atoms with E-state index in [4.69, 9.17) is 4.74 Å². The predicted molar refractivity (Wildman–Crippen MR) is 73.2 cm³/mol. The third-order valence-electron chi connectivity index (χ3n) is 2.80. The van der Waals surface area contributed by atoms with Crippen LogP contribution in [0.15, 0.2) is 0 Å². The van der Waals surface area contributed by atoms with Crippen molar-refractivity contribution in [3.63, 3.8) is 0 Å². The van der Waals surface area contributed by atoms with Gasteiger partial charge in [-0.3, -0.25) is 0 Å². The third kappa shape index (κ3) is 5.52. The van der Waals surface area contributed by atoms with E-state index in [2.05, 4.69) is 20.7 Å². The Labute approximate surface area is 117 Å². The van der Waals surface area contributed by atoms with Gasteiger partial charge in [-0.15, -0.1) is 0 Å². The Kier molecular flexibility index (Phi) is 5.60.